The van der Waals surface area contributed by atoms with Gasteiger partial charge in [-0.05, 0) is 31.2 Å². The summed E-state index contributed by atoms with van der Waals surface area (Å²) >= 11 is 0. The van der Waals surface area contributed by atoms with Crippen molar-refractivity contribution < 1.29 is 0 Å². The van der Waals surface area contributed by atoms with E-state index in [-0.39, 0.29) is 29.4 Å². The topological polar surface area (TPSA) is 27.6 Å². The highest BCUT2D eigenvalue weighted by Gasteiger charge is 2.37. The largest absolute Gasteiger partial charge is 0.354 e. The zero-order valence-corrected chi connectivity index (χ0v) is 15.3. The second-order valence-corrected chi connectivity index (χ2v) is 6.42. The second kappa shape index (κ2) is 6.99. The summed E-state index contributed by atoms with van der Waals surface area (Å²) in [4.78, 5) is 6.90. The lowest BCUT2D eigenvalue weighted by Gasteiger charge is -2.32. The van der Waals surface area contributed by atoms with Crippen LogP contribution in [0.4, 0.5) is 0 Å². The maximum absolute atomic E-state index is 4.48. The van der Waals surface area contributed by atoms with Crippen LogP contribution in [-0.4, -0.2) is 37.0 Å². The van der Waals surface area contributed by atoms with Crippen molar-refractivity contribution in [2.45, 2.75) is 44.1 Å². The maximum Gasteiger partial charge on any atom is 0.193 e. The predicted octanol–water partition coefficient (Wildman–Crippen LogP) is 3.40. The van der Waals surface area contributed by atoms with Gasteiger partial charge in [0.15, 0.2) is 5.96 Å². The first-order chi connectivity index (χ1) is 9.71. The van der Waals surface area contributed by atoms with E-state index in [1.165, 1.54) is 31.2 Å². The highest BCUT2D eigenvalue weighted by Crippen LogP contribution is 2.34. The zero-order valence-electron chi connectivity index (χ0n) is 13.0. The van der Waals surface area contributed by atoms with Crippen LogP contribution >= 0.6 is 24.0 Å². The minimum Gasteiger partial charge on any atom is -0.354 e. The van der Waals surface area contributed by atoms with Crippen molar-refractivity contribution in [1.29, 1.82) is 0 Å². The number of nitrogens with zero attached hydrogens (tertiary/aromatic N) is 2. The van der Waals surface area contributed by atoms with Crippen molar-refractivity contribution in [3.63, 3.8) is 0 Å². The van der Waals surface area contributed by atoms with Gasteiger partial charge in [-0.25, -0.2) is 0 Å². The number of nitrogens with one attached hydrogen (secondary N) is 1. The van der Waals surface area contributed by atoms with Gasteiger partial charge in [0.1, 0.15) is 0 Å². The van der Waals surface area contributed by atoms with Crippen molar-refractivity contribution >= 4 is 29.9 Å². The Bertz CT molecular complexity index is 484. The van der Waals surface area contributed by atoms with E-state index in [1.54, 1.807) is 0 Å². The molecule has 1 N–H and O–H groups in total. The summed E-state index contributed by atoms with van der Waals surface area (Å²) in [6.45, 7) is 4.53. The number of hydrogen-bond donors (Lipinski definition) is 1. The van der Waals surface area contributed by atoms with Gasteiger partial charge >= 0.3 is 0 Å². The first-order valence-electron chi connectivity index (χ1n) is 7.75. The molecule has 1 unspecified atom stereocenters. The van der Waals surface area contributed by atoms with Crippen molar-refractivity contribution in [1.82, 2.24) is 10.2 Å². The van der Waals surface area contributed by atoms with E-state index < -0.39 is 0 Å². The SMILES string of the molecule is CN=C(NC1CCC1)N1CCC(C)(c2ccccc2)C1.I. The van der Waals surface area contributed by atoms with Crippen LogP contribution in [0.3, 0.4) is 0 Å². The molecule has 1 saturated carbocycles. The summed E-state index contributed by atoms with van der Waals surface area (Å²) in [6.07, 6.45) is 5.14. The van der Waals surface area contributed by atoms with Crippen LogP contribution in [0, 0.1) is 0 Å². The Morgan fingerprint density at radius 3 is 2.57 bits per heavy atom. The van der Waals surface area contributed by atoms with E-state index >= 15 is 0 Å². The first-order valence-corrected chi connectivity index (χ1v) is 7.75. The molecule has 1 atom stereocenters. The molecule has 1 heterocycles. The predicted molar refractivity (Wildman–Crippen MR) is 99.5 cm³/mol. The van der Waals surface area contributed by atoms with E-state index in [4.69, 9.17) is 0 Å². The van der Waals surface area contributed by atoms with Gasteiger partial charge in [-0.15, -0.1) is 24.0 Å². The molecule has 1 aromatic rings. The van der Waals surface area contributed by atoms with Crippen LogP contribution in [-0.2, 0) is 5.41 Å². The summed E-state index contributed by atoms with van der Waals surface area (Å²) in [7, 11) is 1.90. The number of rotatable bonds is 2. The van der Waals surface area contributed by atoms with E-state index in [1.807, 2.05) is 7.05 Å². The van der Waals surface area contributed by atoms with Crippen molar-refractivity contribution in [2.24, 2.45) is 4.99 Å². The monoisotopic (exact) mass is 399 g/mol. The molecule has 0 amide bonds. The van der Waals surface area contributed by atoms with E-state index in [0.717, 1.165) is 19.0 Å². The van der Waals surface area contributed by atoms with Crippen LogP contribution in [0.5, 0.6) is 0 Å². The van der Waals surface area contributed by atoms with Gasteiger partial charge in [0, 0.05) is 31.6 Å². The molecular weight excluding hydrogens is 373 g/mol. The van der Waals surface area contributed by atoms with E-state index in [0.29, 0.717) is 6.04 Å². The molecule has 0 radical (unpaired) electrons. The van der Waals surface area contributed by atoms with Crippen LogP contribution in [0.1, 0.15) is 38.2 Å². The first kappa shape index (κ1) is 16.6. The van der Waals surface area contributed by atoms with Crippen LogP contribution in [0.25, 0.3) is 0 Å². The minimum atomic E-state index is 0. The number of guanidine groups is 1. The summed E-state index contributed by atoms with van der Waals surface area (Å²) in [5.41, 5.74) is 1.69. The Kier molecular flexibility index (Phi) is 5.52. The molecular formula is C17H26IN3. The average molecular weight is 399 g/mol. The number of halogens is 1. The molecule has 2 aliphatic rings. The molecule has 1 aromatic carbocycles. The third-order valence-electron chi connectivity index (χ3n) is 4.89. The van der Waals surface area contributed by atoms with E-state index in [2.05, 4.69) is 52.5 Å². The molecule has 3 nitrogen and oxygen atoms in total. The van der Waals surface area contributed by atoms with Gasteiger partial charge in [0.05, 0.1) is 0 Å². The Hall–Kier alpha value is -0.780. The lowest BCUT2D eigenvalue weighted by Crippen LogP contribution is -2.48. The Balaban J connectivity index is 0.00000161. The van der Waals surface area contributed by atoms with E-state index in [9.17, 15) is 0 Å². The molecule has 4 heteroatoms. The van der Waals surface area contributed by atoms with Gasteiger partial charge in [0.2, 0.25) is 0 Å². The highest BCUT2D eigenvalue weighted by atomic mass is 127. The molecule has 0 bridgehead atoms. The molecule has 0 spiro atoms. The fourth-order valence-corrected chi connectivity index (χ4v) is 3.25. The number of likely N-dealkylation sites (tertiary alicyclic amines) is 1. The normalized spacial score (nSPS) is 26.2. The van der Waals surface area contributed by atoms with Crippen molar-refractivity contribution in [3.8, 4) is 0 Å². The molecule has 21 heavy (non-hydrogen) atoms. The molecule has 2 fully saturated rings. The van der Waals surface area contributed by atoms with Crippen LogP contribution in [0.15, 0.2) is 35.3 Å². The number of aliphatic imine (C=N–C) groups is 1. The minimum absolute atomic E-state index is 0. The maximum atomic E-state index is 4.48. The van der Waals surface area contributed by atoms with Crippen molar-refractivity contribution in [2.75, 3.05) is 20.1 Å². The summed E-state index contributed by atoms with van der Waals surface area (Å²) < 4.78 is 0. The molecule has 116 valence electrons. The summed E-state index contributed by atoms with van der Waals surface area (Å²) in [5.74, 6) is 1.09. The smallest absolute Gasteiger partial charge is 0.193 e. The summed E-state index contributed by atoms with van der Waals surface area (Å²) in [6, 6.07) is 11.5. The number of hydrogen-bond acceptors (Lipinski definition) is 1. The van der Waals surface area contributed by atoms with Gasteiger partial charge in [-0.1, -0.05) is 37.3 Å². The molecule has 1 aliphatic heterocycles. The lowest BCUT2D eigenvalue weighted by atomic mass is 9.82. The van der Waals surface area contributed by atoms with Gasteiger partial charge in [-0.2, -0.15) is 0 Å². The second-order valence-electron chi connectivity index (χ2n) is 6.42. The molecule has 1 aliphatic carbocycles. The van der Waals surface area contributed by atoms with Gasteiger partial charge < -0.3 is 10.2 Å². The van der Waals surface area contributed by atoms with Crippen molar-refractivity contribution in [3.05, 3.63) is 35.9 Å². The number of benzene rings is 1. The molecule has 3 rings (SSSR count). The lowest BCUT2D eigenvalue weighted by molar-refractivity contribution is 0.356. The average Bonchev–Trinajstić information content (AvgIpc) is 2.83. The molecule has 1 saturated heterocycles. The summed E-state index contributed by atoms with van der Waals surface area (Å²) in [5, 5.41) is 3.61. The Labute approximate surface area is 145 Å². The van der Waals surface area contributed by atoms with Crippen LogP contribution < -0.4 is 5.32 Å². The third-order valence-corrected chi connectivity index (χ3v) is 4.89. The standard InChI is InChI=1S/C17H25N3.HI/c1-17(14-7-4-3-5-8-14)11-12-20(13-17)16(18-2)19-15-9-6-10-15;/h3-5,7-8,15H,6,9-13H2,1-2H3,(H,18,19);1H. The fraction of sp³-hybridized carbons (Fsp3) is 0.588. The van der Waals surface area contributed by atoms with Gasteiger partial charge in [0.25, 0.3) is 0 Å². The highest BCUT2D eigenvalue weighted by molar-refractivity contribution is 14.0. The van der Waals surface area contributed by atoms with Gasteiger partial charge in [-0.3, -0.25) is 4.99 Å². The zero-order chi connectivity index (χ0) is 14.0. The quantitative estimate of drug-likeness (QED) is 0.469. The Morgan fingerprint density at radius 1 is 1.29 bits per heavy atom. The van der Waals surface area contributed by atoms with Crippen LogP contribution in [0.2, 0.25) is 0 Å². The fourth-order valence-electron chi connectivity index (χ4n) is 3.25. The Morgan fingerprint density at radius 2 is 2.00 bits per heavy atom. The third kappa shape index (κ3) is 3.52. The molecule has 0 aromatic heterocycles.